The summed E-state index contributed by atoms with van der Waals surface area (Å²) in [5.74, 6) is 1.84. The molecule has 0 aliphatic carbocycles. The molecule has 1 aliphatic rings. The van der Waals surface area contributed by atoms with Crippen LogP contribution in [0.15, 0.2) is 0 Å². The molecule has 0 bridgehead atoms. The number of carbonyl (C=O) groups is 1. The summed E-state index contributed by atoms with van der Waals surface area (Å²) in [6.45, 7) is -1.28. The van der Waals surface area contributed by atoms with Gasteiger partial charge >= 0.3 is 12.2 Å². The van der Waals surface area contributed by atoms with E-state index in [4.69, 9.17) is 0 Å². The Bertz CT molecular complexity index is 216. The largest absolute Gasteiger partial charge is 0.405 e. The van der Waals surface area contributed by atoms with E-state index < -0.39 is 18.8 Å². The molecule has 1 fully saturated rings. The van der Waals surface area contributed by atoms with Crippen molar-refractivity contribution in [1.82, 2.24) is 10.6 Å². The third-order valence-corrected chi connectivity index (χ3v) is 3.16. The highest BCUT2D eigenvalue weighted by atomic mass is 32.2. The molecule has 0 spiro atoms. The molecule has 7 heteroatoms. The van der Waals surface area contributed by atoms with Crippen LogP contribution in [0.5, 0.6) is 0 Å². The molecule has 0 saturated carbocycles. The number of hydrogen-bond acceptors (Lipinski definition) is 2. The predicted molar refractivity (Wildman–Crippen MR) is 52.9 cm³/mol. The van der Waals surface area contributed by atoms with E-state index in [1.54, 1.807) is 17.1 Å². The van der Waals surface area contributed by atoms with E-state index in [-0.39, 0.29) is 6.04 Å². The maximum Gasteiger partial charge on any atom is 0.405 e. The number of rotatable bonds is 2. The zero-order chi connectivity index (χ0) is 11.3. The van der Waals surface area contributed by atoms with Crippen LogP contribution in [-0.4, -0.2) is 36.3 Å². The highest BCUT2D eigenvalue weighted by Crippen LogP contribution is 2.16. The summed E-state index contributed by atoms with van der Waals surface area (Å²) >= 11 is 1.70. The molecular weight excluding hydrogens is 229 g/mol. The number of amides is 2. The van der Waals surface area contributed by atoms with Gasteiger partial charge in [0.15, 0.2) is 0 Å². The topological polar surface area (TPSA) is 41.1 Å². The van der Waals surface area contributed by atoms with Gasteiger partial charge < -0.3 is 10.6 Å². The minimum absolute atomic E-state index is 0.00279. The second kappa shape index (κ2) is 5.48. The van der Waals surface area contributed by atoms with Crippen molar-refractivity contribution in [3.63, 3.8) is 0 Å². The minimum atomic E-state index is -4.35. The quantitative estimate of drug-likeness (QED) is 0.774. The zero-order valence-corrected chi connectivity index (χ0v) is 8.88. The van der Waals surface area contributed by atoms with Gasteiger partial charge in [-0.15, -0.1) is 0 Å². The fourth-order valence-electron chi connectivity index (χ4n) is 1.27. The molecule has 15 heavy (non-hydrogen) atoms. The second-order valence-corrected chi connectivity index (χ2v) is 4.51. The van der Waals surface area contributed by atoms with E-state index in [2.05, 4.69) is 5.32 Å². The Morgan fingerprint density at radius 3 is 2.73 bits per heavy atom. The molecule has 2 amide bonds. The number of urea groups is 1. The molecule has 0 radical (unpaired) electrons. The molecule has 2 N–H and O–H groups in total. The molecule has 1 unspecified atom stereocenters. The van der Waals surface area contributed by atoms with Crippen molar-refractivity contribution in [2.75, 3.05) is 18.1 Å². The molecule has 1 aliphatic heterocycles. The van der Waals surface area contributed by atoms with Crippen LogP contribution in [0.1, 0.15) is 12.8 Å². The van der Waals surface area contributed by atoms with E-state index in [9.17, 15) is 18.0 Å². The molecule has 0 aromatic rings. The number of nitrogens with one attached hydrogen (secondary N) is 2. The number of halogens is 3. The first-order chi connectivity index (χ1) is 6.97. The van der Waals surface area contributed by atoms with Gasteiger partial charge in [0, 0.05) is 11.8 Å². The van der Waals surface area contributed by atoms with Crippen molar-refractivity contribution in [2.45, 2.75) is 25.1 Å². The van der Waals surface area contributed by atoms with Gasteiger partial charge in [-0.2, -0.15) is 24.9 Å². The van der Waals surface area contributed by atoms with Crippen molar-refractivity contribution < 1.29 is 18.0 Å². The Labute approximate surface area is 90.2 Å². The van der Waals surface area contributed by atoms with Gasteiger partial charge in [0.05, 0.1) is 0 Å². The van der Waals surface area contributed by atoms with Crippen LogP contribution < -0.4 is 10.6 Å². The Morgan fingerprint density at radius 1 is 1.47 bits per heavy atom. The average molecular weight is 242 g/mol. The predicted octanol–water partition coefficient (Wildman–Crippen LogP) is 1.74. The smallest absolute Gasteiger partial charge is 0.335 e. The second-order valence-electron chi connectivity index (χ2n) is 3.36. The molecular formula is C8H13F3N2OS. The Hall–Kier alpha value is -0.590. The van der Waals surface area contributed by atoms with E-state index in [1.807, 2.05) is 0 Å². The fourth-order valence-corrected chi connectivity index (χ4v) is 2.34. The summed E-state index contributed by atoms with van der Waals surface area (Å²) in [7, 11) is 0. The van der Waals surface area contributed by atoms with Crippen LogP contribution in [-0.2, 0) is 0 Å². The summed E-state index contributed by atoms with van der Waals surface area (Å²) < 4.78 is 35.2. The Kier molecular flexibility index (Phi) is 4.56. The van der Waals surface area contributed by atoms with Gasteiger partial charge in [0.25, 0.3) is 0 Å². The van der Waals surface area contributed by atoms with Crippen LogP contribution in [0.25, 0.3) is 0 Å². The molecule has 1 saturated heterocycles. The van der Waals surface area contributed by atoms with Crippen molar-refractivity contribution in [3.05, 3.63) is 0 Å². The highest BCUT2D eigenvalue weighted by Gasteiger charge is 2.28. The summed E-state index contributed by atoms with van der Waals surface area (Å²) in [6, 6.07) is -0.739. The van der Waals surface area contributed by atoms with Gasteiger partial charge in [-0.3, -0.25) is 0 Å². The molecule has 88 valence electrons. The SMILES string of the molecule is O=C(NCC(F)(F)F)NC1CCCSC1. The molecule has 0 aromatic heterocycles. The molecule has 0 aromatic carbocycles. The molecule has 1 heterocycles. The molecule has 1 atom stereocenters. The van der Waals surface area contributed by atoms with E-state index in [0.717, 1.165) is 24.3 Å². The fraction of sp³-hybridized carbons (Fsp3) is 0.875. The monoisotopic (exact) mass is 242 g/mol. The summed E-state index contributed by atoms with van der Waals surface area (Å²) in [4.78, 5) is 11.0. The third kappa shape index (κ3) is 5.76. The lowest BCUT2D eigenvalue weighted by Gasteiger charge is -2.22. The van der Waals surface area contributed by atoms with E-state index in [1.165, 1.54) is 0 Å². The maximum absolute atomic E-state index is 11.7. The van der Waals surface area contributed by atoms with Crippen LogP contribution in [0.3, 0.4) is 0 Å². The van der Waals surface area contributed by atoms with Crippen LogP contribution in [0.4, 0.5) is 18.0 Å². The average Bonchev–Trinajstić information content (AvgIpc) is 2.15. The summed E-state index contributed by atoms with van der Waals surface area (Å²) in [5.41, 5.74) is 0. The summed E-state index contributed by atoms with van der Waals surface area (Å²) in [5, 5.41) is 4.31. The van der Waals surface area contributed by atoms with Crippen LogP contribution in [0, 0.1) is 0 Å². The lowest BCUT2D eigenvalue weighted by molar-refractivity contribution is -0.122. The minimum Gasteiger partial charge on any atom is -0.335 e. The standard InChI is InChI=1S/C8H13F3N2OS/c9-8(10,11)5-12-7(14)13-6-2-1-3-15-4-6/h6H,1-5H2,(H2,12,13,14). The van der Waals surface area contributed by atoms with Crippen molar-refractivity contribution in [1.29, 1.82) is 0 Å². The van der Waals surface area contributed by atoms with Gasteiger partial charge in [-0.05, 0) is 18.6 Å². The normalized spacial score (nSPS) is 22.2. The summed E-state index contributed by atoms with van der Waals surface area (Å²) in [6.07, 6.45) is -2.51. The molecule has 1 rings (SSSR count). The van der Waals surface area contributed by atoms with Gasteiger partial charge in [0.2, 0.25) is 0 Å². The number of thioether (sulfide) groups is 1. The van der Waals surface area contributed by atoms with Crippen LogP contribution in [0.2, 0.25) is 0 Å². The number of alkyl halides is 3. The maximum atomic E-state index is 11.7. The first-order valence-corrected chi connectivity index (χ1v) is 5.82. The van der Waals surface area contributed by atoms with Gasteiger partial charge in [0.1, 0.15) is 6.54 Å². The van der Waals surface area contributed by atoms with Gasteiger partial charge in [-0.1, -0.05) is 0 Å². The zero-order valence-electron chi connectivity index (χ0n) is 8.06. The first kappa shape index (κ1) is 12.5. The van der Waals surface area contributed by atoms with Crippen LogP contribution >= 0.6 is 11.8 Å². The van der Waals surface area contributed by atoms with Gasteiger partial charge in [-0.25, -0.2) is 4.79 Å². The Balaban J connectivity index is 2.17. The first-order valence-electron chi connectivity index (χ1n) is 4.66. The number of carbonyl (C=O) groups excluding carboxylic acids is 1. The lowest BCUT2D eigenvalue weighted by Crippen LogP contribution is -2.46. The lowest BCUT2D eigenvalue weighted by atomic mass is 10.2. The molecule has 3 nitrogen and oxygen atoms in total. The Morgan fingerprint density at radius 2 is 2.20 bits per heavy atom. The van der Waals surface area contributed by atoms with Crippen molar-refractivity contribution in [2.24, 2.45) is 0 Å². The van der Waals surface area contributed by atoms with E-state index in [0.29, 0.717) is 0 Å². The third-order valence-electron chi connectivity index (χ3n) is 1.94. The van der Waals surface area contributed by atoms with E-state index >= 15 is 0 Å². The van der Waals surface area contributed by atoms with Crippen molar-refractivity contribution >= 4 is 17.8 Å². The van der Waals surface area contributed by atoms with Crippen molar-refractivity contribution in [3.8, 4) is 0 Å². The number of hydrogen-bond donors (Lipinski definition) is 2. The highest BCUT2D eigenvalue weighted by molar-refractivity contribution is 7.99.